The molecule has 7 nitrogen and oxygen atoms in total. The van der Waals surface area contributed by atoms with E-state index in [0.717, 1.165) is 23.6 Å². The molecule has 172 valence electrons. The molecule has 0 spiro atoms. The second-order valence-corrected chi connectivity index (χ2v) is 8.86. The van der Waals surface area contributed by atoms with Crippen molar-refractivity contribution >= 4 is 23.7 Å². The number of likely N-dealkylation sites (tertiary alicyclic amines) is 1. The molecular formula is C23H36N4O3S. The van der Waals surface area contributed by atoms with E-state index in [9.17, 15) is 9.59 Å². The number of carbonyl (C=O) groups is 2. The van der Waals surface area contributed by atoms with Gasteiger partial charge < -0.3 is 20.6 Å². The number of β-amino-alcohol motifs (C(OH)–C–C–N with tert-alkyl or cyclic N) is 1. The van der Waals surface area contributed by atoms with E-state index in [1.807, 2.05) is 24.6 Å². The van der Waals surface area contributed by atoms with Gasteiger partial charge in [0, 0.05) is 19.6 Å². The minimum atomic E-state index is -0.309. The number of hydrogen-bond acceptors (Lipinski definition) is 6. The van der Waals surface area contributed by atoms with Gasteiger partial charge in [-0.3, -0.25) is 9.59 Å². The summed E-state index contributed by atoms with van der Waals surface area (Å²) in [6, 6.07) is 8.15. The summed E-state index contributed by atoms with van der Waals surface area (Å²) >= 11 is 1.64. The van der Waals surface area contributed by atoms with E-state index in [1.54, 1.807) is 23.3 Å². The van der Waals surface area contributed by atoms with Crippen LogP contribution in [0.2, 0.25) is 0 Å². The maximum absolute atomic E-state index is 11.1. The summed E-state index contributed by atoms with van der Waals surface area (Å²) in [6.07, 6.45) is 1.12. The first-order valence-electron chi connectivity index (χ1n) is 10.5. The zero-order valence-electron chi connectivity index (χ0n) is 19.2. The molecule has 3 N–H and O–H groups in total. The van der Waals surface area contributed by atoms with Gasteiger partial charge in [0.2, 0.25) is 12.3 Å². The number of rotatable bonds is 6. The van der Waals surface area contributed by atoms with Crippen molar-refractivity contribution in [2.45, 2.75) is 46.8 Å². The minimum Gasteiger partial charge on any atom is -0.391 e. The maximum atomic E-state index is 11.1. The highest BCUT2D eigenvalue weighted by Crippen LogP contribution is 2.27. The first kappa shape index (κ1) is 26.7. The van der Waals surface area contributed by atoms with E-state index in [4.69, 9.17) is 5.11 Å². The smallest absolute Gasteiger partial charge is 0.236 e. The summed E-state index contributed by atoms with van der Waals surface area (Å²) in [5, 5.41) is 14.5. The number of nitrogens with zero attached hydrogens (tertiary/aromatic N) is 2. The van der Waals surface area contributed by atoms with Crippen molar-refractivity contribution in [3.63, 3.8) is 0 Å². The quantitative estimate of drug-likeness (QED) is 0.591. The largest absolute Gasteiger partial charge is 0.391 e. The van der Waals surface area contributed by atoms with Crippen LogP contribution in [0.3, 0.4) is 0 Å². The molecule has 1 saturated heterocycles. The SMILES string of the molecule is CC(C)C.CNCC(=O)N1CCC(O)C1.Cc1ncsc1-c1ccc(CNC=O)cc1. The number of aromatic nitrogens is 1. The predicted octanol–water partition coefficient (Wildman–Crippen LogP) is 2.83. The Hall–Kier alpha value is -2.29. The van der Waals surface area contributed by atoms with E-state index in [2.05, 4.69) is 48.5 Å². The van der Waals surface area contributed by atoms with Crippen LogP contribution in [0, 0.1) is 12.8 Å². The molecule has 1 aliphatic heterocycles. The fraction of sp³-hybridized carbons (Fsp3) is 0.522. The average molecular weight is 449 g/mol. The molecule has 2 heterocycles. The number of hydrogen-bond donors (Lipinski definition) is 3. The first-order valence-corrected chi connectivity index (χ1v) is 11.4. The van der Waals surface area contributed by atoms with Gasteiger partial charge in [-0.15, -0.1) is 11.3 Å². The second-order valence-electron chi connectivity index (χ2n) is 8.01. The predicted molar refractivity (Wildman–Crippen MR) is 127 cm³/mol. The third kappa shape index (κ3) is 10.5. The van der Waals surface area contributed by atoms with E-state index >= 15 is 0 Å². The van der Waals surface area contributed by atoms with Crippen molar-refractivity contribution in [1.29, 1.82) is 0 Å². The zero-order chi connectivity index (χ0) is 23.2. The lowest BCUT2D eigenvalue weighted by Crippen LogP contribution is -2.35. The van der Waals surface area contributed by atoms with Crippen LogP contribution in [0.25, 0.3) is 10.4 Å². The molecule has 2 aromatic rings. The Morgan fingerprint density at radius 3 is 2.42 bits per heavy atom. The number of aliphatic hydroxyl groups is 1. The molecule has 0 radical (unpaired) electrons. The van der Waals surface area contributed by atoms with Crippen molar-refractivity contribution < 1.29 is 14.7 Å². The Bertz CT molecular complexity index is 775. The number of amides is 2. The highest BCUT2D eigenvalue weighted by Gasteiger charge is 2.23. The molecule has 0 saturated carbocycles. The molecule has 1 atom stereocenters. The van der Waals surface area contributed by atoms with Gasteiger partial charge in [-0.05, 0) is 37.4 Å². The highest BCUT2D eigenvalue weighted by molar-refractivity contribution is 7.13. The summed E-state index contributed by atoms with van der Waals surface area (Å²) in [5.74, 6) is 0.907. The number of thiazole rings is 1. The summed E-state index contributed by atoms with van der Waals surface area (Å²) < 4.78 is 0. The Balaban J connectivity index is 0.000000278. The van der Waals surface area contributed by atoms with Crippen LogP contribution in [-0.2, 0) is 16.1 Å². The summed E-state index contributed by atoms with van der Waals surface area (Å²) in [4.78, 5) is 28.4. The van der Waals surface area contributed by atoms with Crippen molar-refractivity contribution in [1.82, 2.24) is 20.5 Å². The van der Waals surface area contributed by atoms with Gasteiger partial charge in [-0.25, -0.2) is 4.98 Å². The topological polar surface area (TPSA) is 94.6 Å². The van der Waals surface area contributed by atoms with E-state index < -0.39 is 0 Å². The number of likely N-dealkylation sites (N-methyl/N-ethyl adjacent to an activating group) is 1. The van der Waals surface area contributed by atoms with Crippen LogP contribution < -0.4 is 10.6 Å². The number of benzene rings is 1. The van der Waals surface area contributed by atoms with Gasteiger partial charge >= 0.3 is 0 Å². The van der Waals surface area contributed by atoms with Crippen LogP contribution in [0.4, 0.5) is 0 Å². The number of nitrogens with one attached hydrogen (secondary N) is 2. The lowest BCUT2D eigenvalue weighted by molar-refractivity contribution is -0.129. The molecule has 1 aliphatic rings. The average Bonchev–Trinajstić information content (AvgIpc) is 3.35. The van der Waals surface area contributed by atoms with Gasteiger partial charge in [0.25, 0.3) is 0 Å². The van der Waals surface area contributed by atoms with Gasteiger partial charge in [-0.1, -0.05) is 45.0 Å². The van der Waals surface area contributed by atoms with Crippen LogP contribution in [0.5, 0.6) is 0 Å². The lowest BCUT2D eigenvalue weighted by Gasteiger charge is -2.14. The summed E-state index contributed by atoms with van der Waals surface area (Å²) in [5.41, 5.74) is 5.18. The molecule has 1 fully saturated rings. The van der Waals surface area contributed by atoms with E-state index in [-0.39, 0.29) is 12.0 Å². The number of aryl methyl sites for hydroxylation is 1. The van der Waals surface area contributed by atoms with E-state index in [0.29, 0.717) is 32.6 Å². The first-order chi connectivity index (χ1) is 14.8. The molecule has 3 rings (SSSR count). The number of carbonyl (C=O) groups excluding carboxylic acids is 2. The fourth-order valence-electron chi connectivity index (χ4n) is 2.74. The van der Waals surface area contributed by atoms with Crippen LogP contribution in [0.15, 0.2) is 29.8 Å². The van der Waals surface area contributed by atoms with Crippen LogP contribution >= 0.6 is 11.3 Å². The van der Waals surface area contributed by atoms with Crippen molar-refractivity contribution in [2.24, 2.45) is 5.92 Å². The van der Waals surface area contributed by atoms with Gasteiger partial charge in [0.1, 0.15) is 0 Å². The molecular weight excluding hydrogens is 412 g/mol. The molecule has 1 aromatic heterocycles. The van der Waals surface area contributed by atoms with Gasteiger partial charge in [0.15, 0.2) is 0 Å². The highest BCUT2D eigenvalue weighted by atomic mass is 32.1. The summed E-state index contributed by atoms with van der Waals surface area (Å²) in [7, 11) is 1.74. The molecule has 1 unspecified atom stereocenters. The Kier molecular flexibility index (Phi) is 12.7. The van der Waals surface area contributed by atoms with Crippen LogP contribution in [-0.4, -0.2) is 60.1 Å². The monoisotopic (exact) mass is 448 g/mol. The van der Waals surface area contributed by atoms with Gasteiger partial charge in [-0.2, -0.15) is 0 Å². The molecule has 2 amide bonds. The third-order valence-corrected chi connectivity index (χ3v) is 5.17. The van der Waals surface area contributed by atoms with E-state index in [1.165, 1.54) is 10.4 Å². The Morgan fingerprint density at radius 1 is 1.32 bits per heavy atom. The van der Waals surface area contributed by atoms with Crippen LogP contribution in [0.1, 0.15) is 38.4 Å². The summed E-state index contributed by atoms with van der Waals surface area (Å²) in [6.45, 7) is 10.6. The van der Waals surface area contributed by atoms with Crippen molar-refractivity contribution in [3.8, 4) is 10.4 Å². The lowest BCUT2D eigenvalue weighted by atomic mass is 10.1. The standard InChI is InChI=1S/C12H12N2OS.C7H14N2O2.C4H10/c1-9-12(16-8-14-9)11-4-2-10(3-5-11)6-13-7-15;1-8-4-7(11)9-3-2-6(10)5-9;1-4(2)3/h2-5,7-8H,6H2,1H3,(H,13,15);6,8,10H,2-5H2,1H3;4H,1-3H3. The minimum absolute atomic E-state index is 0.0732. The van der Waals surface area contributed by atoms with Gasteiger partial charge in [0.05, 0.1) is 28.7 Å². The zero-order valence-corrected chi connectivity index (χ0v) is 20.0. The Morgan fingerprint density at radius 2 is 1.97 bits per heavy atom. The molecule has 1 aromatic carbocycles. The molecule has 0 aliphatic carbocycles. The number of aliphatic hydroxyl groups excluding tert-OH is 1. The molecule has 8 heteroatoms. The molecule has 0 bridgehead atoms. The fourth-order valence-corrected chi connectivity index (χ4v) is 3.56. The van der Waals surface area contributed by atoms with Crippen molar-refractivity contribution in [3.05, 3.63) is 41.0 Å². The second kappa shape index (κ2) is 14.7. The molecule has 31 heavy (non-hydrogen) atoms. The Labute approximate surface area is 189 Å². The normalized spacial score (nSPS) is 14.9. The third-order valence-electron chi connectivity index (χ3n) is 4.20. The van der Waals surface area contributed by atoms with Crippen molar-refractivity contribution in [2.75, 3.05) is 26.7 Å². The maximum Gasteiger partial charge on any atom is 0.236 e.